The lowest BCUT2D eigenvalue weighted by atomic mass is 9.94. The highest BCUT2D eigenvalue weighted by atomic mass is 35.5. The van der Waals surface area contributed by atoms with Crippen LogP contribution in [0.1, 0.15) is 42.9 Å². The Kier molecular flexibility index (Phi) is 9.89. The summed E-state index contributed by atoms with van der Waals surface area (Å²) in [5.41, 5.74) is 2.49. The molecule has 3 aromatic rings. The number of hydrogen-bond acceptors (Lipinski definition) is 9. The van der Waals surface area contributed by atoms with E-state index in [1.807, 2.05) is 24.5 Å². The minimum absolute atomic E-state index is 0.288. The molecular formula is C29H28ClFO7S2. The van der Waals surface area contributed by atoms with Gasteiger partial charge >= 0.3 is 17.9 Å². The standard InChI is InChI=1S/C29H28ClFO7S2/c1-15(32)35-26-27(36-16(2)33)29(37-17(3)34)38-25(28(26)39-4)19-7-11-23(30)20(13-19)14-22-10-12-24(40-22)18-5-8-21(31)9-6-18/h5-13,25-29H,14H2,1-4H3/t25?,26-,27-,28-,29-/m0/s1. The van der Waals surface area contributed by atoms with Crippen LogP contribution in [0.5, 0.6) is 0 Å². The molecular weight excluding hydrogens is 579 g/mol. The zero-order chi connectivity index (χ0) is 29.0. The van der Waals surface area contributed by atoms with E-state index in [2.05, 4.69) is 0 Å². The number of carbonyl (C=O) groups excluding carboxylic acids is 3. The van der Waals surface area contributed by atoms with Gasteiger partial charge in [-0.25, -0.2) is 4.39 Å². The summed E-state index contributed by atoms with van der Waals surface area (Å²) in [5.74, 6) is -2.14. The molecule has 1 aliphatic heterocycles. The Morgan fingerprint density at radius 3 is 2.20 bits per heavy atom. The fourth-order valence-electron chi connectivity index (χ4n) is 4.57. The number of hydrogen-bond donors (Lipinski definition) is 0. The average Bonchev–Trinajstić information content (AvgIpc) is 3.35. The molecule has 0 radical (unpaired) electrons. The van der Waals surface area contributed by atoms with E-state index >= 15 is 0 Å². The molecule has 0 aliphatic carbocycles. The van der Waals surface area contributed by atoms with Gasteiger partial charge in [-0.2, -0.15) is 11.8 Å². The maximum Gasteiger partial charge on any atom is 0.305 e. The molecule has 1 aromatic heterocycles. The van der Waals surface area contributed by atoms with Crippen LogP contribution in [0.2, 0.25) is 5.02 Å². The molecule has 0 N–H and O–H groups in total. The van der Waals surface area contributed by atoms with Gasteiger partial charge in [0.15, 0.2) is 6.10 Å². The van der Waals surface area contributed by atoms with Crippen LogP contribution in [-0.2, 0) is 39.8 Å². The Bertz CT molecular complexity index is 1380. The van der Waals surface area contributed by atoms with Crippen molar-refractivity contribution in [2.75, 3.05) is 6.26 Å². The first kappa shape index (κ1) is 30.0. The third-order valence-electron chi connectivity index (χ3n) is 6.21. The van der Waals surface area contributed by atoms with Gasteiger partial charge in [-0.05, 0) is 53.3 Å². The van der Waals surface area contributed by atoms with Crippen LogP contribution >= 0.6 is 34.7 Å². The largest absolute Gasteiger partial charge is 0.457 e. The van der Waals surface area contributed by atoms with E-state index < -0.39 is 47.8 Å². The number of rotatable bonds is 8. The second kappa shape index (κ2) is 13.2. The Balaban J connectivity index is 1.66. The summed E-state index contributed by atoms with van der Waals surface area (Å²) in [4.78, 5) is 37.9. The van der Waals surface area contributed by atoms with Crippen molar-refractivity contribution in [3.05, 3.63) is 81.4 Å². The van der Waals surface area contributed by atoms with Gasteiger partial charge in [0.05, 0.1) is 5.25 Å². The van der Waals surface area contributed by atoms with Gasteiger partial charge in [0.1, 0.15) is 11.9 Å². The number of ether oxygens (including phenoxy) is 4. The Morgan fingerprint density at radius 2 is 1.57 bits per heavy atom. The summed E-state index contributed by atoms with van der Waals surface area (Å²) in [6.07, 6.45) is -1.73. The zero-order valence-corrected chi connectivity index (χ0v) is 24.6. The molecule has 5 atom stereocenters. The molecule has 1 fully saturated rings. The van der Waals surface area contributed by atoms with Crippen molar-refractivity contribution in [3.8, 4) is 10.4 Å². The van der Waals surface area contributed by atoms with Gasteiger partial charge in [-0.15, -0.1) is 11.3 Å². The highest BCUT2D eigenvalue weighted by Gasteiger charge is 2.51. The fraction of sp³-hybridized carbons (Fsp3) is 0.345. The predicted molar refractivity (Wildman–Crippen MR) is 152 cm³/mol. The number of esters is 3. The molecule has 11 heteroatoms. The summed E-state index contributed by atoms with van der Waals surface area (Å²) in [6, 6.07) is 15.8. The number of benzene rings is 2. The lowest BCUT2D eigenvalue weighted by molar-refractivity contribution is -0.266. The van der Waals surface area contributed by atoms with Crippen LogP contribution in [0.4, 0.5) is 4.39 Å². The lowest BCUT2D eigenvalue weighted by Crippen LogP contribution is -2.57. The Morgan fingerprint density at radius 1 is 0.925 bits per heavy atom. The third kappa shape index (κ3) is 7.23. The molecule has 2 aromatic carbocycles. The fourth-order valence-corrected chi connectivity index (χ4v) is 6.74. The van der Waals surface area contributed by atoms with Crippen LogP contribution in [0.15, 0.2) is 54.6 Å². The van der Waals surface area contributed by atoms with Gasteiger partial charge in [0, 0.05) is 42.0 Å². The topological polar surface area (TPSA) is 88.1 Å². The molecule has 0 saturated carbocycles. The van der Waals surface area contributed by atoms with E-state index in [0.29, 0.717) is 11.4 Å². The number of thioether (sulfide) groups is 1. The van der Waals surface area contributed by atoms with Gasteiger partial charge in [0.2, 0.25) is 12.4 Å². The normalized spacial score (nSPS) is 22.4. The summed E-state index contributed by atoms with van der Waals surface area (Å²) < 4.78 is 36.0. The smallest absolute Gasteiger partial charge is 0.305 e. The minimum atomic E-state index is -1.30. The predicted octanol–water partition coefficient (Wildman–Crippen LogP) is 6.35. The molecule has 4 rings (SSSR count). The van der Waals surface area contributed by atoms with E-state index in [-0.39, 0.29) is 5.82 Å². The van der Waals surface area contributed by atoms with Gasteiger partial charge in [-0.3, -0.25) is 14.4 Å². The van der Waals surface area contributed by atoms with E-state index in [4.69, 9.17) is 30.5 Å². The summed E-state index contributed by atoms with van der Waals surface area (Å²) in [7, 11) is 0. The molecule has 2 heterocycles. The van der Waals surface area contributed by atoms with Crippen molar-refractivity contribution in [2.24, 2.45) is 0 Å². The third-order valence-corrected chi connectivity index (χ3v) is 8.77. The number of thiophene rings is 1. The molecule has 1 unspecified atom stereocenters. The summed E-state index contributed by atoms with van der Waals surface area (Å²) in [5, 5.41) is 0.0590. The van der Waals surface area contributed by atoms with Crippen molar-refractivity contribution in [1.29, 1.82) is 0 Å². The number of carbonyl (C=O) groups is 3. The molecule has 212 valence electrons. The summed E-state index contributed by atoms with van der Waals surface area (Å²) >= 11 is 9.55. The molecule has 1 saturated heterocycles. The van der Waals surface area contributed by atoms with Crippen molar-refractivity contribution < 1.29 is 37.7 Å². The van der Waals surface area contributed by atoms with Crippen LogP contribution in [-0.4, -0.2) is 47.9 Å². The van der Waals surface area contributed by atoms with Gasteiger partial charge in [0.25, 0.3) is 0 Å². The Hall–Kier alpha value is -2.92. The molecule has 0 spiro atoms. The van der Waals surface area contributed by atoms with Crippen molar-refractivity contribution >= 4 is 52.6 Å². The second-order valence-electron chi connectivity index (χ2n) is 9.18. The first-order valence-corrected chi connectivity index (χ1v) is 14.9. The van der Waals surface area contributed by atoms with E-state index in [1.54, 1.807) is 35.6 Å². The lowest BCUT2D eigenvalue weighted by Gasteiger charge is -2.44. The number of halogens is 2. The van der Waals surface area contributed by atoms with E-state index in [0.717, 1.165) is 26.4 Å². The molecule has 7 nitrogen and oxygen atoms in total. The maximum atomic E-state index is 13.3. The van der Waals surface area contributed by atoms with Gasteiger partial charge in [-0.1, -0.05) is 35.9 Å². The highest BCUT2D eigenvalue weighted by molar-refractivity contribution is 7.99. The van der Waals surface area contributed by atoms with Crippen LogP contribution in [0.3, 0.4) is 0 Å². The van der Waals surface area contributed by atoms with Crippen LogP contribution in [0.25, 0.3) is 10.4 Å². The maximum absolute atomic E-state index is 13.3. The highest BCUT2D eigenvalue weighted by Crippen LogP contribution is 2.42. The zero-order valence-electron chi connectivity index (χ0n) is 22.2. The van der Waals surface area contributed by atoms with E-state index in [9.17, 15) is 18.8 Å². The first-order valence-electron chi connectivity index (χ1n) is 12.4. The molecule has 40 heavy (non-hydrogen) atoms. The minimum Gasteiger partial charge on any atom is -0.457 e. The van der Waals surface area contributed by atoms with Gasteiger partial charge < -0.3 is 18.9 Å². The molecule has 1 aliphatic rings. The summed E-state index contributed by atoms with van der Waals surface area (Å²) in [6.45, 7) is 3.69. The van der Waals surface area contributed by atoms with Crippen molar-refractivity contribution in [2.45, 2.75) is 57.0 Å². The van der Waals surface area contributed by atoms with E-state index in [1.165, 1.54) is 44.7 Å². The quantitative estimate of drug-likeness (QED) is 0.216. The SMILES string of the molecule is CS[C@H]1C(c2ccc(Cl)c(Cc3ccc(-c4ccc(F)cc4)s3)c2)O[C@H](OC(C)=O)[C@@H](OC(C)=O)[C@@H]1OC(C)=O. The van der Waals surface area contributed by atoms with Crippen LogP contribution < -0.4 is 0 Å². The molecule has 0 amide bonds. The molecule has 0 bridgehead atoms. The second-order valence-corrected chi connectivity index (χ2v) is 11.8. The first-order chi connectivity index (χ1) is 19.0. The average molecular weight is 607 g/mol. The Labute approximate surface area is 244 Å². The van der Waals surface area contributed by atoms with Crippen molar-refractivity contribution in [1.82, 2.24) is 0 Å². The van der Waals surface area contributed by atoms with Crippen molar-refractivity contribution in [3.63, 3.8) is 0 Å². The monoisotopic (exact) mass is 606 g/mol. The van der Waals surface area contributed by atoms with Crippen LogP contribution in [0, 0.1) is 5.82 Å².